The number of benzene rings is 3. The molecule has 4 heteroatoms. The fourth-order valence-electron chi connectivity index (χ4n) is 7.68. The third kappa shape index (κ3) is 21.0. The summed E-state index contributed by atoms with van der Waals surface area (Å²) >= 11 is 0. The highest BCUT2D eigenvalue weighted by atomic mass is 15.2. The van der Waals surface area contributed by atoms with E-state index in [9.17, 15) is 0 Å². The number of allylic oxidation sites excluding steroid dienone is 26. The highest BCUT2D eigenvalue weighted by molar-refractivity contribution is 5.67. The number of fused-ring (bicyclic) bond motifs is 1. The van der Waals surface area contributed by atoms with Gasteiger partial charge in [0.05, 0.1) is 5.41 Å². The molecule has 3 aromatic rings. The van der Waals surface area contributed by atoms with E-state index in [1.54, 1.807) is 7.05 Å². The van der Waals surface area contributed by atoms with Crippen molar-refractivity contribution in [3.05, 3.63) is 265 Å². The first kappa shape index (κ1) is 64.3. The van der Waals surface area contributed by atoms with Gasteiger partial charge in [-0.3, -0.25) is 11.3 Å². The fraction of sp³-hybridized carbons (Fsp3) is 0.284. The Morgan fingerprint density at radius 3 is 1.72 bits per heavy atom. The van der Waals surface area contributed by atoms with Gasteiger partial charge in [-0.15, -0.1) is 0 Å². The number of nitrogens with zero attached hydrogens (tertiary/aromatic N) is 1. The minimum Gasteiger partial charge on any atom is -0.399 e. The lowest BCUT2D eigenvalue weighted by Crippen LogP contribution is -2.36. The molecule has 0 saturated carbocycles. The summed E-state index contributed by atoms with van der Waals surface area (Å²) < 4.78 is 0. The van der Waals surface area contributed by atoms with E-state index in [-0.39, 0.29) is 5.92 Å². The van der Waals surface area contributed by atoms with Crippen LogP contribution in [0.1, 0.15) is 101 Å². The van der Waals surface area contributed by atoms with Gasteiger partial charge in [-0.1, -0.05) is 251 Å². The Labute approximate surface area is 434 Å². The highest BCUT2D eigenvalue weighted by Gasteiger charge is 2.47. The van der Waals surface area contributed by atoms with Crippen molar-refractivity contribution in [3.63, 3.8) is 0 Å². The Kier molecular flexibility index (Phi) is 35.4. The summed E-state index contributed by atoms with van der Waals surface area (Å²) in [6, 6.07) is 26.9. The Morgan fingerprint density at radius 2 is 1.20 bits per heavy atom. The number of anilines is 2. The highest BCUT2D eigenvalue weighted by Crippen LogP contribution is 2.57. The Morgan fingerprint density at radius 1 is 0.648 bits per heavy atom. The largest absolute Gasteiger partial charge is 0.399 e. The summed E-state index contributed by atoms with van der Waals surface area (Å²) in [7, 11) is 1.65. The number of rotatable bonds is 4. The van der Waals surface area contributed by atoms with Crippen molar-refractivity contribution in [2.45, 2.75) is 103 Å². The van der Waals surface area contributed by atoms with Gasteiger partial charge in [-0.25, -0.2) is 0 Å². The van der Waals surface area contributed by atoms with E-state index in [0.29, 0.717) is 5.92 Å². The van der Waals surface area contributed by atoms with Crippen LogP contribution in [-0.2, 0) is 0 Å². The number of nitrogens with one attached hydrogen (secondary N) is 1. The van der Waals surface area contributed by atoms with E-state index in [4.69, 9.17) is 12.3 Å². The minimum absolute atomic E-state index is 0.151. The van der Waals surface area contributed by atoms with Crippen LogP contribution in [0, 0.1) is 24.2 Å². The zero-order valence-corrected chi connectivity index (χ0v) is 46.3. The van der Waals surface area contributed by atoms with Gasteiger partial charge in [0.1, 0.15) is 0 Å². The molecule has 380 valence electrons. The van der Waals surface area contributed by atoms with Gasteiger partial charge in [0.25, 0.3) is 0 Å². The molecule has 1 atom stereocenters. The van der Waals surface area contributed by atoms with Crippen LogP contribution in [0.5, 0.6) is 0 Å². The zero-order valence-electron chi connectivity index (χ0n) is 46.3. The lowest BCUT2D eigenvalue weighted by Gasteiger charge is -2.44. The third-order valence-electron chi connectivity index (χ3n) is 11.1. The normalized spacial score (nSPS) is 20.6. The van der Waals surface area contributed by atoms with Gasteiger partial charge < -0.3 is 10.6 Å². The molecule has 5 N–H and O–H groups in total. The molecular formula is C67H92N4. The van der Waals surface area contributed by atoms with Crippen LogP contribution >= 0.6 is 0 Å². The van der Waals surface area contributed by atoms with Crippen molar-refractivity contribution in [3.8, 4) is 11.1 Å². The summed E-state index contributed by atoms with van der Waals surface area (Å²) in [5.41, 5.74) is 20.3. The SMILES string of the molecule is C/C=C\C.C=C1/C=C\C=C/N(c2cccc(C)c2)/C=C2\C(=C\1C)C/C=C\C=C/C(=C)C2(C1=CC=CC1)C1C=CC=C1.CC.CC.CC.CC.CC1C=CC=C1.CNN.Nc1ccc(-c2ccccc2)cc1. The van der Waals surface area contributed by atoms with Crippen molar-refractivity contribution >= 4 is 11.4 Å². The fourth-order valence-corrected chi connectivity index (χ4v) is 7.68. The number of nitrogens with two attached hydrogens (primary N) is 2. The van der Waals surface area contributed by atoms with E-state index in [1.165, 1.54) is 39.0 Å². The van der Waals surface area contributed by atoms with Gasteiger partial charge >= 0.3 is 0 Å². The maximum atomic E-state index is 5.60. The molecule has 5 aliphatic rings. The average Bonchev–Trinajstić information content (AvgIpc) is 4.26. The second-order valence-corrected chi connectivity index (χ2v) is 15.6. The van der Waals surface area contributed by atoms with E-state index >= 15 is 0 Å². The summed E-state index contributed by atoms with van der Waals surface area (Å²) in [5.74, 6) is 5.43. The molecule has 0 spiro atoms. The van der Waals surface area contributed by atoms with Gasteiger partial charge in [-0.2, -0.15) is 0 Å². The monoisotopic (exact) mass is 953 g/mol. The maximum Gasteiger partial charge on any atom is 0.0526 e. The lowest BCUT2D eigenvalue weighted by atomic mass is 9.58. The quantitative estimate of drug-likeness (QED) is 0.105. The van der Waals surface area contributed by atoms with Crippen molar-refractivity contribution in [1.82, 2.24) is 5.43 Å². The number of hydrogen-bond acceptors (Lipinski definition) is 4. The first-order valence-corrected chi connectivity index (χ1v) is 25.9. The Bertz CT molecular complexity index is 2350. The molecular weight excluding hydrogens is 861 g/mol. The summed E-state index contributed by atoms with van der Waals surface area (Å²) in [6.45, 7) is 35.7. The predicted molar refractivity (Wildman–Crippen MR) is 323 cm³/mol. The number of nitrogen functional groups attached to an aromatic ring is 1. The van der Waals surface area contributed by atoms with Crippen molar-refractivity contribution in [2.75, 3.05) is 17.7 Å². The van der Waals surface area contributed by atoms with Crippen LogP contribution in [0.3, 0.4) is 0 Å². The van der Waals surface area contributed by atoms with E-state index in [0.717, 1.165) is 35.4 Å². The molecule has 3 aromatic carbocycles. The van der Waals surface area contributed by atoms with Gasteiger partial charge in [0.2, 0.25) is 0 Å². The molecule has 0 amide bonds. The molecule has 8 rings (SSSR count). The third-order valence-corrected chi connectivity index (χ3v) is 11.1. The first-order chi connectivity index (χ1) is 34.6. The molecule has 1 aliphatic heterocycles. The van der Waals surface area contributed by atoms with E-state index in [1.807, 2.05) is 124 Å². The summed E-state index contributed by atoms with van der Waals surface area (Å²) in [4.78, 5) is 2.27. The lowest BCUT2D eigenvalue weighted by molar-refractivity contribution is 0.442. The van der Waals surface area contributed by atoms with Crippen molar-refractivity contribution in [1.29, 1.82) is 0 Å². The number of hydrogen-bond donors (Lipinski definition) is 3. The van der Waals surface area contributed by atoms with Crippen LogP contribution in [0.15, 0.2) is 259 Å². The van der Waals surface area contributed by atoms with Crippen LogP contribution < -0.4 is 21.9 Å². The van der Waals surface area contributed by atoms with Crippen molar-refractivity contribution in [2.24, 2.45) is 23.1 Å². The summed E-state index contributed by atoms with van der Waals surface area (Å²) in [6.07, 6.45) is 49.5. The van der Waals surface area contributed by atoms with Crippen LogP contribution in [0.25, 0.3) is 11.1 Å². The topological polar surface area (TPSA) is 67.3 Å². The molecule has 4 aliphatic carbocycles. The molecule has 0 radical (unpaired) electrons. The van der Waals surface area contributed by atoms with Gasteiger partial charge in [0.15, 0.2) is 0 Å². The van der Waals surface area contributed by atoms with E-state index < -0.39 is 5.41 Å². The molecule has 0 aromatic heterocycles. The Hall–Kier alpha value is -6.72. The second-order valence-electron chi connectivity index (χ2n) is 15.6. The number of hydrazine groups is 1. The number of aryl methyl sites for hydroxylation is 1. The smallest absolute Gasteiger partial charge is 0.0526 e. The Balaban J connectivity index is 0.00000117. The summed E-state index contributed by atoms with van der Waals surface area (Å²) in [5, 5.41) is 0. The van der Waals surface area contributed by atoms with Crippen LogP contribution in [0.2, 0.25) is 0 Å². The van der Waals surface area contributed by atoms with Crippen molar-refractivity contribution < 1.29 is 0 Å². The molecule has 0 bridgehead atoms. The average molecular weight is 954 g/mol. The zero-order chi connectivity index (χ0) is 53.5. The molecule has 71 heavy (non-hydrogen) atoms. The van der Waals surface area contributed by atoms with E-state index in [2.05, 4.69) is 202 Å². The molecule has 0 saturated heterocycles. The molecule has 1 unspecified atom stereocenters. The minimum atomic E-state index is -0.439. The standard InChI is InChI=1S/C36H35N.C12H11N.C6H8.C4H8.4C2H6.CH6N2/c1-27-15-14-22-33(25-27)37-24-13-12-16-28(2)30(4)34-23-7-5-6-17-29(3)36(35(34)26-37,31-18-8-9-19-31)32-20-10-11-21-32;13-12-8-6-11(7-9-12)10-4-2-1-3-5-10;1-6-4-2-3-5-6;1-3-4-2;4*1-2;1-3-2/h5-20,22,24-26,31H,2-3,21,23H2,1,4H3;1-9H,13H2;2-6H,1H3;3-4H,1-2H3;4*1-2H3;3H,2H2,1H3/b7-5-,16-12-,17-6-,24-13-,34-30+,35-26+;;;4-3-;;;;;. The van der Waals surface area contributed by atoms with Gasteiger partial charge in [0, 0.05) is 29.7 Å². The molecule has 1 heterocycles. The maximum absolute atomic E-state index is 5.60. The van der Waals surface area contributed by atoms with Crippen LogP contribution in [-0.4, -0.2) is 7.05 Å². The van der Waals surface area contributed by atoms with Crippen LogP contribution in [0.4, 0.5) is 11.4 Å². The van der Waals surface area contributed by atoms with Gasteiger partial charge in [-0.05, 0) is 128 Å². The predicted octanol–water partition coefficient (Wildman–Crippen LogP) is 18.8. The first-order valence-electron chi connectivity index (χ1n) is 25.9. The second kappa shape index (κ2) is 39.1. The molecule has 4 nitrogen and oxygen atoms in total. The molecule has 0 fully saturated rings.